The van der Waals surface area contributed by atoms with Crippen molar-refractivity contribution in [1.82, 2.24) is 0 Å². The first-order chi connectivity index (χ1) is 7.68. The van der Waals surface area contributed by atoms with Crippen LogP contribution in [0, 0.1) is 5.82 Å². The summed E-state index contributed by atoms with van der Waals surface area (Å²) >= 11 is 3.18. The highest BCUT2D eigenvalue weighted by Crippen LogP contribution is 2.28. The summed E-state index contributed by atoms with van der Waals surface area (Å²) in [7, 11) is 2.07. The van der Waals surface area contributed by atoms with Crippen LogP contribution >= 0.6 is 15.9 Å². The van der Waals surface area contributed by atoms with Gasteiger partial charge in [-0.3, -0.25) is 0 Å². The quantitative estimate of drug-likeness (QED) is 0.781. The van der Waals surface area contributed by atoms with Crippen molar-refractivity contribution in [2.24, 2.45) is 0 Å². The maximum Gasteiger partial charge on any atom is 0.139 e. The molecule has 16 heavy (non-hydrogen) atoms. The van der Waals surface area contributed by atoms with E-state index >= 15 is 0 Å². The summed E-state index contributed by atoms with van der Waals surface area (Å²) in [5.41, 5.74) is 0.979. The van der Waals surface area contributed by atoms with Crippen LogP contribution in [0.4, 0.5) is 10.1 Å². The first kappa shape index (κ1) is 11.9. The average Bonchev–Trinajstić information content (AvgIpc) is 2.33. The minimum Gasteiger partial charge on any atom is -0.372 e. The molecule has 1 aliphatic rings. The van der Waals surface area contributed by atoms with E-state index < -0.39 is 0 Å². The molecule has 1 aromatic rings. The SMILES string of the molecule is CN(c1ccc(Br)c(F)c1)C1CCCCC1. The zero-order valence-corrected chi connectivity index (χ0v) is 11.1. The number of hydrogen-bond donors (Lipinski definition) is 0. The summed E-state index contributed by atoms with van der Waals surface area (Å²) in [4.78, 5) is 2.22. The molecule has 0 amide bonds. The molecule has 2 rings (SSSR count). The van der Waals surface area contributed by atoms with Crippen molar-refractivity contribution < 1.29 is 4.39 Å². The van der Waals surface area contributed by atoms with E-state index in [1.807, 2.05) is 6.07 Å². The standard InChI is InChI=1S/C13H17BrFN/c1-16(10-5-3-2-4-6-10)11-7-8-12(14)13(15)9-11/h7-10H,2-6H2,1H3. The Balaban J connectivity index is 2.12. The van der Waals surface area contributed by atoms with E-state index in [0.29, 0.717) is 10.5 Å². The molecule has 0 N–H and O–H groups in total. The van der Waals surface area contributed by atoms with Crippen LogP contribution in [0.15, 0.2) is 22.7 Å². The number of rotatable bonds is 2. The van der Waals surface area contributed by atoms with Gasteiger partial charge in [-0.15, -0.1) is 0 Å². The Labute approximate surface area is 105 Å². The van der Waals surface area contributed by atoms with Gasteiger partial charge in [0.2, 0.25) is 0 Å². The predicted octanol–water partition coefficient (Wildman–Crippen LogP) is 4.36. The fourth-order valence-electron chi connectivity index (χ4n) is 2.38. The molecule has 88 valence electrons. The zero-order valence-electron chi connectivity index (χ0n) is 9.55. The summed E-state index contributed by atoms with van der Waals surface area (Å²) < 4.78 is 14.0. The van der Waals surface area contributed by atoms with Crippen LogP contribution in [0.5, 0.6) is 0 Å². The first-order valence-corrected chi connectivity index (χ1v) is 6.65. The predicted molar refractivity (Wildman–Crippen MR) is 69.4 cm³/mol. The van der Waals surface area contributed by atoms with Crippen molar-refractivity contribution in [3.05, 3.63) is 28.5 Å². The van der Waals surface area contributed by atoms with E-state index in [4.69, 9.17) is 0 Å². The largest absolute Gasteiger partial charge is 0.372 e. The van der Waals surface area contributed by atoms with E-state index in [-0.39, 0.29) is 5.82 Å². The van der Waals surface area contributed by atoms with Crippen molar-refractivity contribution in [2.45, 2.75) is 38.1 Å². The second-order valence-corrected chi connectivity index (χ2v) is 5.36. The van der Waals surface area contributed by atoms with E-state index in [1.54, 1.807) is 12.1 Å². The summed E-state index contributed by atoms with van der Waals surface area (Å²) in [6, 6.07) is 5.94. The van der Waals surface area contributed by atoms with E-state index in [1.165, 1.54) is 32.1 Å². The Morgan fingerprint density at radius 2 is 1.94 bits per heavy atom. The van der Waals surface area contributed by atoms with Crippen molar-refractivity contribution in [1.29, 1.82) is 0 Å². The molecular formula is C13H17BrFN. The number of benzene rings is 1. The molecule has 0 unspecified atom stereocenters. The highest BCUT2D eigenvalue weighted by Gasteiger charge is 2.18. The Morgan fingerprint density at radius 3 is 2.56 bits per heavy atom. The van der Waals surface area contributed by atoms with Gasteiger partial charge in [0, 0.05) is 18.8 Å². The molecule has 0 aromatic heterocycles. The number of halogens is 2. The van der Waals surface area contributed by atoms with Crippen LogP contribution in [0.2, 0.25) is 0 Å². The highest BCUT2D eigenvalue weighted by atomic mass is 79.9. The summed E-state index contributed by atoms with van der Waals surface area (Å²) in [5.74, 6) is -0.180. The molecule has 0 saturated heterocycles. The van der Waals surface area contributed by atoms with Gasteiger partial charge in [0.1, 0.15) is 5.82 Å². The molecular weight excluding hydrogens is 269 g/mol. The van der Waals surface area contributed by atoms with Crippen molar-refractivity contribution in [3.63, 3.8) is 0 Å². The van der Waals surface area contributed by atoms with Crippen LogP contribution < -0.4 is 4.90 Å². The molecule has 1 saturated carbocycles. The van der Waals surface area contributed by atoms with Gasteiger partial charge in [-0.05, 0) is 47.0 Å². The zero-order chi connectivity index (χ0) is 11.5. The molecule has 0 spiro atoms. The molecule has 1 aromatic carbocycles. The normalized spacial score (nSPS) is 17.4. The molecule has 1 aliphatic carbocycles. The summed E-state index contributed by atoms with van der Waals surface area (Å²) in [6.07, 6.45) is 6.41. The van der Waals surface area contributed by atoms with E-state index in [0.717, 1.165) is 5.69 Å². The summed E-state index contributed by atoms with van der Waals surface area (Å²) in [6.45, 7) is 0. The molecule has 0 heterocycles. The Morgan fingerprint density at radius 1 is 1.25 bits per heavy atom. The van der Waals surface area contributed by atoms with Crippen LogP contribution in [0.1, 0.15) is 32.1 Å². The molecule has 1 nitrogen and oxygen atoms in total. The molecule has 0 radical (unpaired) electrons. The third-order valence-electron chi connectivity index (χ3n) is 3.43. The maximum atomic E-state index is 13.4. The lowest BCUT2D eigenvalue weighted by Gasteiger charge is -2.33. The van der Waals surface area contributed by atoms with Crippen molar-refractivity contribution in [3.8, 4) is 0 Å². The Hall–Kier alpha value is -0.570. The van der Waals surface area contributed by atoms with Crippen molar-refractivity contribution in [2.75, 3.05) is 11.9 Å². The number of anilines is 1. The second kappa shape index (κ2) is 5.17. The number of nitrogens with zero attached hydrogens (tertiary/aromatic N) is 1. The molecule has 3 heteroatoms. The van der Waals surface area contributed by atoms with Crippen LogP contribution in [-0.4, -0.2) is 13.1 Å². The number of hydrogen-bond acceptors (Lipinski definition) is 1. The van der Waals surface area contributed by atoms with Gasteiger partial charge in [0.05, 0.1) is 4.47 Å². The maximum absolute atomic E-state index is 13.4. The van der Waals surface area contributed by atoms with Gasteiger partial charge in [0.15, 0.2) is 0 Å². The van der Waals surface area contributed by atoms with Gasteiger partial charge in [-0.1, -0.05) is 19.3 Å². The van der Waals surface area contributed by atoms with Gasteiger partial charge in [-0.25, -0.2) is 4.39 Å². The minimum atomic E-state index is -0.180. The molecule has 0 atom stereocenters. The fourth-order valence-corrected chi connectivity index (χ4v) is 2.63. The molecule has 0 bridgehead atoms. The van der Waals surface area contributed by atoms with Crippen molar-refractivity contribution >= 4 is 21.6 Å². The van der Waals surface area contributed by atoms with Crippen LogP contribution in [-0.2, 0) is 0 Å². The Bertz CT molecular complexity index is 361. The lowest BCUT2D eigenvalue weighted by Crippen LogP contribution is -2.33. The summed E-state index contributed by atoms with van der Waals surface area (Å²) in [5, 5.41) is 0. The van der Waals surface area contributed by atoms with Gasteiger partial charge in [0.25, 0.3) is 0 Å². The third-order valence-corrected chi connectivity index (χ3v) is 4.08. The molecule has 0 aliphatic heterocycles. The minimum absolute atomic E-state index is 0.180. The van der Waals surface area contributed by atoms with Gasteiger partial charge < -0.3 is 4.90 Å². The second-order valence-electron chi connectivity index (χ2n) is 4.50. The van der Waals surface area contributed by atoms with E-state index in [2.05, 4.69) is 27.9 Å². The smallest absolute Gasteiger partial charge is 0.139 e. The lowest BCUT2D eigenvalue weighted by atomic mass is 9.94. The van der Waals surface area contributed by atoms with Gasteiger partial charge in [-0.2, -0.15) is 0 Å². The van der Waals surface area contributed by atoms with Crippen LogP contribution in [0.3, 0.4) is 0 Å². The third kappa shape index (κ3) is 2.57. The average molecular weight is 286 g/mol. The topological polar surface area (TPSA) is 3.24 Å². The highest BCUT2D eigenvalue weighted by molar-refractivity contribution is 9.10. The monoisotopic (exact) mass is 285 g/mol. The lowest BCUT2D eigenvalue weighted by molar-refractivity contribution is 0.427. The van der Waals surface area contributed by atoms with E-state index in [9.17, 15) is 4.39 Å². The molecule has 1 fully saturated rings. The van der Waals surface area contributed by atoms with Gasteiger partial charge >= 0.3 is 0 Å². The first-order valence-electron chi connectivity index (χ1n) is 5.86. The van der Waals surface area contributed by atoms with Crippen LogP contribution in [0.25, 0.3) is 0 Å². The fraction of sp³-hybridized carbons (Fsp3) is 0.538. The Kier molecular flexibility index (Phi) is 3.85.